The Bertz CT molecular complexity index is 117. The molecule has 4 heteroatoms. The van der Waals surface area contributed by atoms with E-state index in [1.165, 1.54) is 19.3 Å². The smallest absolute Gasteiger partial charge is 0.293 e. The zero-order valence-electron chi connectivity index (χ0n) is 8.61. The van der Waals surface area contributed by atoms with E-state index in [-0.39, 0.29) is 0 Å². The topological polar surface area (TPSA) is 55.8 Å². The number of unbranched alkanes of at least 4 members (excludes halogenated alkanes) is 6. The average Bonchev–Trinajstić information content (AvgIpc) is 2.21. The maximum atomic E-state index is 9.79. The van der Waals surface area contributed by atoms with Gasteiger partial charge in [0.05, 0.1) is 13.2 Å². The number of carbonyl (C=O) groups is 1. The van der Waals surface area contributed by atoms with Gasteiger partial charge in [0.25, 0.3) is 6.47 Å². The molecule has 1 N–H and O–H groups in total. The molecular formula is C10H20O4. The van der Waals surface area contributed by atoms with Crippen LogP contribution in [0.5, 0.6) is 0 Å². The number of hydrogen-bond donors (Lipinski definition) is 1. The molecule has 0 heterocycles. The number of hydrogen-bond acceptors (Lipinski definition) is 4. The van der Waals surface area contributed by atoms with Crippen LogP contribution in [-0.2, 0) is 14.4 Å². The Morgan fingerprint density at radius 1 is 0.857 bits per heavy atom. The fourth-order valence-corrected chi connectivity index (χ4v) is 1.28. The molecule has 0 aliphatic carbocycles. The summed E-state index contributed by atoms with van der Waals surface area (Å²) in [7, 11) is 0. The third-order valence-electron chi connectivity index (χ3n) is 2.07. The largest absolute Gasteiger partial charge is 0.468 e. The van der Waals surface area contributed by atoms with Gasteiger partial charge in [-0.1, -0.05) is 32.1 Å². The van der Waals surface area contributed by atoms with E-state index in [0.29, 0.717) is 19.7 Å². The van der Waals surface area contributed by atoms with Crippen molar-refractivity contribution < 1.29 is 19.7 Å². The summed E-state index contributed by atoms with van der Waals surface area (Å²) in [6, 6.07) is 0. The number of rotatable bonds is 11. The molecular weight excluding hydrogens is 184 g/mol. The van der Waals surface area contributed by atoms with Gasteiger partial charge in [-0.15, -0.1) is 0 Å². The summed E-state index contributed by atoms with van der Waals surface area (Å²) < 4.78 is 4.57. The second kappa shape index (κ2) is 12.4. The van der Waals surface area contributed by atoms with Crippen molar-refractivity contribution in [3.63, 3.8) is 0 Å². The lowest BCUT2D eigenvalue weighted by atomic mass is 10.1. The normalized spacial score (nSPS) is 10.1. The minimum atomic E-state index is 0.438. The van der Waals surface area contributed by atoms with Gasteiger partial charge in [0, 0.05) is 0 Å². The molecule has 0 atom stereocenters. The molecule has 0 saturated heterocycles. The molecule has 0 aromatic rings. The predicted molar refractivity (Wildman–Crippen MR) is 52.9 cm³/mol. The summed E-state index contributed by atoms with van der Waals surface area (Å²) in [5.41, 5.74) is 0. The Labute approximate surface area is 85.1 Å². The first-order valence-electron chi connectivity index (χ1n) is 5.23. The summed E-state index contributed by atoms with van der Waals surface area (Å²) in [6.45, 7) is 1.48. The van der Waals surface area contributed by atoms with Crippen molar-refractivity contribution in [3.8, 4) is 0 Å². The Morgan fingerprint density at radius 2 is 1.36 bits per heavy atom. The van der Waals surface area contributed by atoms with Crippen LogP contribution in [0.15, 0.2) is 0 Å². The summed E-state index contributed by atoms with van der Waals surface area (Å²) in [5, 5.41) is 8.05. The van der Waals surface area contributed by atoms with Crippen LogP contribution in [0.4, 0.5) is 0 Å². The van der Waals surface area contributed by atoms with Crippen LogP contribution in [0.3, 0.4) is 0 Å². The van der Waals surface area contributed by atoms with Gasteiger partial charge in [-0.2, -0.15) is 0 Å². The Hall–Kier alpha value is -0.610. The van der Waals surface area contributed by atoms with Gasteiger partial charge in [-0.05, 0) is 12.8 Å². The van der Waals surface area contributed by atoms with E-state index in [4.69, 9.17) is 5.26 Å². The standard InChI is InChI=1S/C10H20O4/c11-10-13-8-6-4-2-1-3-5-7-9-14-12/h10,12H,1-9H2. The van der Waals surface area contributed by atoms with Crippen molar-refractivity contribution in [2.75, 3.05) is 13.2 Å². The van der Waals surface area contributed by atoms with Gasteiger partial charge in [-0.3, -0.25) is 10.1 Å². The first-order chi connectivity index (χ1) is 6.91. The molecule has 0 bridgehead atoms. The van der Waals surface area contributed by atoms with Crippen molar-refractivity contribution in [3.05, 3.63) is 0 Å². The molecule has 0 fully saturated rings. The molecule has 84 valence electrons. The van der Waals surface area contributed by atoms with Gasteiger partial charge in [-0.25, -0.2) is 4.89 Å². The molecule has 0 amide bonds. The van der Waals surface area contributed by atoms with Crippen LogP contribution in [0, 0.1) is 0 Å². The minimum absolute atomic E-state index is 0.438. The SMILES string of the molecule is O=COCCCCCCCCCOO. The first kappa shape index (κ1) is 13.4. The zero-order valence-corrected chi connectivity index (χ0v) is 8.61. The van der Waals surface area contributed by atoms with Crippen molar-refractivity contribution in [1.29, 1.82) is 0 Å². The second-order valence-electron chi connectivity index (χ2n) is 3.28. The Kier molecular flexibility index (Phi) is 11.9. The van der Waals surface area contributed by atoms with Crippen molar-refractivity contribution in [2.45, 2.75) is 44.9 Å². The molecule has 0 aliphatic rings. The second-order valence-corrected chi connectivity index (χ2v) is 3.28. The summed E-state index contributed by atoms with van der Waals surface area (Å²) >= 11 is 0. The number of carbonyl (C=O) groups excluding carboxylic acids is 1. The van der Waals surface area contributed by atoms with E-state index < -0.39 is 0 Å². The zero-order chi connectivity index (χ0) is 10.5. The van der Waals surface area contributed by atoms with Crippen LogP contribution < -0.4 is 0 Å². The van der Waals surface area contributed by atoms with E-state index >= 15 is 0 Å². The first-order valence-corrected chi connectivity index (χ1v) is 5.23. The van der Waals surface area contributed by atoms with E-state index in [0.717, 1.165) is 25.7 Å². The molecule has 0 aromatic heterocycles. The molecule has 4 nitrogen and oxygen atoms in total. The summed E-state index contributed by atoms with van der Waals surface area (Å²) in [6.07, 6.45) is 7.66. The Morgan fingerprint density at radius 3 is 1.86 bits per heavy atom. The van der Waals surface area contributed by atoms with Gasteiger partial charge in [0.2, 0.25) is 0 Å². The molecule has 0 rings (SSSR count). The third kappa shape index (κ3) is 11.4. The van der Waals surface area contributed by atoms with E-state index in [1.54, 1.807) is 0 Å². The third-order valence-corrected chi connectivity index (χ3v) is 2.07. The van der Waals surface area contributed by atoms with Crippen molar-refractivity contribution >= 4 is 6.47 Å². The number of ether oxygens (including phenoxy) is 1. The molecule has 0 radical (unpaired) electrons. The monoisotopic (exact) mass is 204 g/mol. The van der Waals surface area contributed by atoms with Crippen molar-refractivity contribution in [2.24, 2.45) is 0 Å². The van der Waals surface area contributed by atoms with Crippen LogP contribution >= 0.6 is 0 Å². The average molecular weight is 204 g/mol. The predicted octanol–water partition coefficient (Wildman–Crippen LogP) is 2.38. The quantitative estimate of drug-likeness (QED) is 0.243. The molecule has 0 unspecified atom stereocenters. The van der Waals surface area contributed by atoms with E-state index in [2.05, 4.69) is 9.62 Å². The van der Waals surface area contributed by atoms with Crippen LogP contribution in [0.2, 0.25) is 0 Å². The van der Waals surface area contributed by atoms with Crippen molar-refractivity contribution in [1.82, 2.24) is 0 Å². The maximum absolute atomic E-state index is 9.79. The lowest BCUT2D eigenvalue weighted by Gasteiger charge is -2.00. The van der Waals surface area contributed by atoms with Gasteiger partial charge in [0.15, 0.2) is 0 Å². The fraction of sp³-hybridized carbons (Fsp3) is 0.900. The molecule has 0 spiro atoms. The highest BCUT2D eigenvalue weighted by atomic mass is 17.1. The van der Waals surface area contributed by atoms with Crippen LogP contribution in [0.1, 0.15) is 44.9 Å². The molecule has 14 heavy (non-hydrogen) atoms. The summed E-state index contributed by atoms with van der Waals surface area (Å²) in [5.74, 6) is 0. The highest BCUT2D eigenvalue weighted by Gasteiger charge is 1.92. The Balaban J connectivity index is 2.81. The molecule has 0 aromatic carbocycles. The molecule has 0 aliphatic heterocycles. The van der Waals surface area contributed by atoms with Gasteiger partial charge in [0.1, 0.15) is 0 Å². The highest BCUT2D eigenvalue weighted by molar-refractivity contribution is 5.36. The fourth-order valence-electron chi connectivity index (χ4n) is 1.28. The van der Waals surface area contributed by atoms with Crippen LogP contribution in [-0.4, -0.2) is 24.9 Å². The lowest BCUT2D eigenvalue weighted by Crippen LogP contribution is -1.92. The maximum Gasteiger partial charge on any atom is 0.293 e. The highest BCUT2D eigenvalue weighted by Crippen LogP contribution is 2.06. The van der Waals surface area contributed by atoms with E-state index in [9.17, 15) is 4.79 Å². The van der Waals surface area contributed by atoms with Gasteiger partial charge >= 0.3 is 0 Å². The summed E-state index contributed by atoms with van der Waals surface area (Å²) in [4.78, 5) is 13.8. The van der Waals surface area contributed by atoms with Gasteiger partial charge < -0.3 is 4.74 Å². The van der Waals surface area contributed by atoms with Crippen LogP contribution in [0.25, 0.3) is 0 Å². The molecule has 0 saturated carbocycles. The van der Waals surface area contributed by atoms with E-state index in [1.807, 2.05) is 0 Å². The minimum Gasteiger partial charge on any atom is -0.468 e. The lowest BCUT2D eigenvalue weighted by molar-refractivity contribution is -0.242.